The summed E-state index contributed by atoms with van der Waals surface area (Å²) in [5.74, 6) is -0.00182. The fourth-order valence-corrected chi connectivity index (χ4v) is 3.46. The zero-order valence-electron chi connectivity index (χ0n) is 12.3. The van der Waals surface area contributed by atoms with Crippen LogP contribution in [0.3, 0.4) is 0 Å². The van der Waals surface area contributed by atoms with Crippen molar-refractivity contribution in [2.24, 2.45) is 11.7 Å². The SMILES string of the molecule is CC(C)N1CCCCC(CN)C1c1cccc(Cl)c1F. The number of likely N-dealkylation sites (tertiary alicyclic amines) is 1. The molecule has 2 rings (SSSR count). The minimum atomic E-state index is -0.287. The highest BCUT2D eigenvalue weighted by Gasteiger charge is 2.33. The van der Waals surface area contributed by atoms with Gasteiger partial charge in [0.2, 0.25) is 0 Å². The molecule has 0 saturated carbocycles. The number of benzene rings is 1. The van der Waals surface area contributed by atoms with Crippen LogP contribution in [0.4, 0.5) is 4.39 Å². The van der Waals surface area contributed by atoms with Crippen LogP contribution in [0.25, 0.3) is 0 Å². The molecule has 0 aromatic heterocycles. The molecule has 1 fully saturated rings. The van der Waals surface area contributed by atoms with E-state index in [-0.39, 0.29) is 22.8 Å². The maximum Gasteiger partial charge on any atom is 0.146 e. The van der Waals surface area contributed by atoms with Crippen LogP contribution in [-0.4, -0.2) is 24.0 Å². The van der Waals surface area contributed by atoms with E-state index in [1.165, 1.54) is 0 Å². The van der Waals surface area contributed by atoms with Gasteiger partial charge in [-0.15, -0.1) is 0 Å². The van der Waals surface area contributed by atoms with Gasteiger partial charge in [-0.1, -0.05) is 30.2 Å². The van der Waals surface area contributed by atoms with Crippen LogP contribution in [0.2, 0.25) is 5.02 Å². The highest BCUT2D eigenvalue weighted by atomic mass is 35.5. The van der Waals surface area contributed by atoms with E-state index in [0.29, 0.717) is 18.2 Å². The second-order valence-electron chi connectivity index (χ2n) is 5.91. The number of hydrogen-bond donors (Lipinski definition) is 1. The van der Waals surface area contributed by atoms with E-state index >= 15 is 0 Å². The first-order valence-electron chi connectivity index (χ1n) is 7.46. The van der Waals surface area contributed by atoms with Crippen LogP contribution >= 0.6 is 11.6 Å². The molecule has 0 aliphatic carbocycles. The van der Waals surface area contributed by atoms with Crippen LogP contribution < -0.4 is 5.73 Å². The van der Waals surface area contributed by atoms with Crippen molar-refractivity contribution in [2.75, 3.05) is 13.1 Å². The smallest absolute Gasteiger partial charge is 0.146 e. The molecule has 1 aliphatic rings. The lowest BCUT2D eigenvalue weighted by molar-refractivity contribution is 0.118. The van der Waals surface area contributed by atoms with Crippen molar-refractivity contribution >= 4 is 11.6 Å². The van der Waals surface area contributed by atoms with Crippen LogP contribution in [0.5, 0.6) is 0 Å². The summed E-state index contributed by atoms with van der Waals surface area (Å²) in [6.45, 7) is 5.90. The van der Waals surface area contributed by atoms with Gasteiger partial charge in [-0.25, -0.2) is 4.39 Å². The average Bonchev–Trinajstić information content (AvgIpc) is 2.64. The number of nitrogens with zero attached hydrogens (tertiary/aromatic N) is 1. The summed E-state index contributed by atoms with van der Waals surface area (Å²) in [4.78, 5) is 2.37. The van der Waals surface area contributed by atoms with Gasteiger partial charge in [0.25, 0.3) is 0 Å². The molecule has 1 aromatic carbocycles. The summed E-state index contributed by atoms with van der Waals surface area (Å²) >= 11 is 5.97. The van der Waals surface area contributed by atoms with Gasteiger partial charge >= 0.3 is 0 Å². The van der Waals surface area contributed by atoms with Gasteiger partial charge in [-0.2, -0.15) is 0 Å². The largest absolute Gasteiger partial charge is 0.330 e. The van der Waals surface area contributed by atoms with Gasteiger partial charge in [0, 0.05) is 17.6 Å². The molecule has 1 heterocycles. The standard InChI is InChI=1S/C16H24ClFN2/c1-11(2)20-9-4-3-6-12(10-19)16(20)13-7-5-8-14(17)15(13)18/h5,7-8,11-12,16H,3-4,6,9-10,19H2,1-2H3. The Balaban J connectivity index is 2.46. The third-order valence-corrected chi connectivity index (χ3v) is 4.60. The Morgan fingerprint density at radius 2 is 2.15 bits per heavy atom. The zero-order chi connectivity index (χ0) is 14.7. The highest BCUT2D eigenvalue weighted by Crippen LogP contribution is 2.38. The molecule has 2 N–H and O–H groups in total. The molecule has 1 aromatic rings. The number of halogens is 2. The molecule has 0 spiro atoms. The third kappa shape index (κ3) is 3.16. The van der Waals surface area contributed by atoms with E-state index in [2.05, 4.69) is 18.7 Å². The second-order valence-corrected chi connectivity index (χ2v) is 6.32. The van der Waals surface area contributed by atoms with Gasteiger partial charge in [-0.05, 0) is 51.8 Å². The van der Waals surface area contributed by atoms with Crippen molar-refractivity contribution in [1.82, 2.24) is 4.90 Å². The molecule has 2 nitrogen and oxygen atoms in total. The van der Waals surface area contributed by atoms with Gasteiger partial charge < -0.3 is 5.73 Å². The molecule has 20 heavy (non-hydrogen) atoms. The van der Waals surface area contributed by atoms with Crippen LogP contribution in [0, 0.1) is 11.7 Å². The monoisotopic (exact) mass is 298 g/mol. The Kier molecular flexibility index (Phi) is 5.42. The first-order chi connectivity index (χ1) is 9.56. The van der Waals surface area contributed by atoms with Crippen molar-refractivity contribution in [2.45, 2.75) is 45.2 Å². The van der Waals surface area contributed by atoms with Gasteiger partial charge in [0.15, 0.2) is 0 Å². The van der Waals surface area contributed by atoms with E-state index in [1.807, 2.05) is 12.1 Å². The highest BCUT2D eigenvalue weighted by molar-refractivity contribution is 6.30. The molecule has 112 valence electrons. The molecular formula is C16H24ClFN2. The lowest BCUT2D eigenvalue weighted by atomic mass is 9.88. The number of nitrogens with two attached hydrogens (primary N) is 1. The molecule has 1 saturated heterocycles. The van der Waals surface area contributed by atoms with E-state index in [1.54, 1.807) is 6.07 Å². The maximum atomic E-state index is 14.5. The quantitative estimate of drug-likeness (QED) is 0.914. The van der Waals surface area contributed by atoms with Crippen LogP contribution in [0.15, 0.2) is 18.2 Å². The molecule has 4 heteroatoms. The molecule has 0 amide bonds. The summed E-state index contributed by atoms with van der Waals surface area (Å²) in [6, 6.07) is 5.69. The predicted octanol–water partition coefficient (Wildman–Crippen LogP) is 3.99. The lowest BCUT2D eigenvalue weighted by Gasteiger charge is -2.38. The third-order valence-electron chi connectivity index (χ3n) is 4.31. The van der Waals surface area contributed by atoms with Gasteiger partial charge in [-0.3, -0.25) is 4.90 Å². The van der Waals surface area contributed by atoms with E-state index in [9.17, 15) is 4.39 Å². The fraction of sp³-hybridized carbons (Fsp3) is 0.625. The van der Waals surface area contributed by atoms with E-state index < -0.39 is 0 Å². The van der Waals surface area contributed by atoms with Crippen molar-refractivity contribution in [1.29, 1.82) is 0 Å². The zero-order valence-corrected chi connectivity index (χ0v) is 13.0. The summed E-state index contributed by atoms with van der Waals surface area (Å²) in [5, 5.41) is 0.200. The Morgan fingerprint density at radius 1 is 1.40 bits per heavy atom. The number of hydrogen-bond acceptors (Lipinski definition) is 2. The van der Waals surface area contributed by atoms with Gasteiger partial charge in [0.1, 0.15) is 5.82 Å². The van der Waals surface area contributed by atoms with Crippen molar-refractivity contribution in [3.05, 3.63) is 34.6 Å². The Labute approximate surface area is 126 Å². The van der Waals surface area contributed by atoms with Crippen molar-refractivity contribution in [3.63, 3.8) is 0 Å². The summed E-state index contributed by atoms with van der Waals surface area (Å²) < 4.78 is 14.5. The average molecular weight is 299 g/mol. The van der Waals surface area contributed by atoms with Gasteiger partial charge in [0.05, 0.1) is 5.02 Å². The van der Waals surface area contributed by atoms with E-state index in [4.69, 9.17) is 17.3 Å². The minimum Gasteiger partial charge on any atom is -0.330 e. The molecule has 1 aliphatic heterocycles. The summed E-state index contributed by atoms with van der Waals surface area (Å²) in [6.07, 6.45) is 3.35. The molecule has 2 atom stereocenters. The number of rotatable bonds is 3. The van der Waals surface area contributed by atoms with Crippen molar-refractivity contribution in [3.8, 4) is 0 Å². The van der Waals surface area contributed by atoms with Crippen molar-refractivity contribution < 1.29 is 4.39 Å². The Morgan fingerprint density at radius 3 is 2.80 bits per heavy atom. The predicted molar refractivity (Wildman–Crippen MR) is 82.4 cm³/mol. The first kappa shape index (κ1) is 15.7. The second kappa shape index (κ2) is 6.88. The van der Waals surface area contributed by atoms with E-state index in [0.717, 1.165) is 25.8 Å². The Bertz CT molecular complexity index is 450. The minimum absolute atomic E-state index is 0.0289. The normalized spacial score (nSPS) is 24.9. The summed E-state index contributed by atoms with van der Waals surface area (Å²) in [5.41, 5.74) is 6.67. The lowest BCUT2D eigenvalue weighted by Crippen LogP contribution is -2.40. The molecule has 0 radical (unpaired) electrons. The van der Waals surface area contributed by atoms with Crippen LogP contribution in [-0.2, 0) is 0 Å². The molecule has 2 unspecified atom stereocenters. The summed E-state index contributed by atoms with van der Waals surface area (Å²) in [7, 11) is 0. The topological polar surface area (TPSA) is 29.3 Å². The molecular weight excluding hydrogens is 275 g/mol. The van der Waals surface area contributed by atoms with Crippen LogP contribution in [0.1, 0.15) is 44.7 Å². The fourth-order valence-electron chi connectivity index (χ4n) is 3.28. The first-order valence-corrected chi connectivity index (χ1v) is 7.83. The molecule has 0 bridgehead atoms. The maximum absolute atomic E-state index is 14.5. The Hall–Kier alpha value is -0.640.